The van der Waals surface area contributed by atoms with Crippen molar-refractivity contribution in [2.45, 2.75) is 6.04 Å². The van der Waals surface area contributed by atoms with Gasteiger partial charge in [0.25, 0.3) is 5.91 Å². The van der Waals surface area contributed by atoms with E-state index < -0.39 is 6.03 Å². The number of aromatic nitrogens is 2. The molecule has 2 aromatic rings. The van der Waals surface area contributed by atoms with Gasteiger partial charge in [-0.3, -0.25) is 4.79 Å². The van der Waals surface area contributed by atoms with Gasteiger partial charge in [0.05, 0.1) is 0 Å². The lowest BCUT2D eigenvalue weighted by molar-refractivity contribution is 0.0621. The van der Waals surface area contributed by atoms with Crippen molar-refractivity contribution in [3.8, 4) is 0 Å². The van der Waals surface area contributed by atoms with Crippen LogP contribution in [-0.2, 0) is 7.05 Å². The van der Waals surface area contributed by atoms with Crippen LogP contribution < -0.4 is 16.4 Å². The van der Waals surface area contributed by atoms with Crippen molar-refractivity contribution in [1.29, 1.82) is 0 Å². The number of piperazine rings is 1. The molecule has 1 atom stereocenters. The van der Waals surface area contributed by atoms with Crippen molar-refractivity contribution in [1.82, 2.24) is 19.8 Å². The van der Waals surface area contributed by atoms with Crippen LogP contribution in [0, 0.1) is 0 Å². The van der Waals surface area contributed by atoms with E-state index in [2.05, 4.69) is 15.6 Å². The summed E-state index contributed by atoms with van der Waals surface area (Å²) in [5.74, 6) is 0.790. The minimum absolute atomic E-state index is 0.0601. The Morgan fingerprint density at radius 1 is 1.33 bits per heavy atom. The van der Waals surface area contributed by atoms with Crippen molar-refractivity contribution >= 4 is 17.6 Å². The van der Waals surface area contributed by atoms with Crippen molar-refractivity contribution in [3.05, 3.63) is 48.0 Å². The highest BCUT2D eigenvalue weighted by Crippen LogP contribution is 2.23. The van der Waals surface area contributed by atoms with Crippen molar-refractivity contribution in [3.63, 3.8) is 0 Å². The van der Waals surface area contributed by atoms with Crippen LogP contribution in [0.4, 0.5) is 10.5 Å². The molecule has 0 bridgehead atoms. The van der Waals surface area contributed by atoms with Gasteiger partial charge in [0.1, 0.15) is 11.9 Å². The summed E-state index contributed by atoms with van der Waals surface area (Å²) in [6.45, 7) is 2.02. The molecule has 1 aromatic carbocycles. The van der Waals surface area contributed by atoms with E-state index in [1.54, 1.807) is 30.5 Å². The highest BCUT2D eigenvalue weighted by atomic mass is 16.2. The Hall–Kier alpha value is -2.87. The molecule has 1 aromatic heterocycles. The maximum Gasteiger partial charge on any atom is 0.316 e. The van der Waals surface area contributed by atoms with Crippen LogP contribution in [0.1, 0.15) is 22.2 Å². The number of hydrogen-bond donors (Lipinski definition) is 3. The molecule has 3 amide bonds. The molecule has 24 heavy (non-hydrogen) atoms. The predicted octanol–water partition coefficient (Wildman–Crippen LogP) is 0.697. The van der Waals surface area contributed by atoms with Crippen molar-refractivity contribution < 1.29 is 9.59 Å². The Kier molecular flexibility index (Phi) is 4.48. The second-order valence-electron chi connectivity index (χ2n) is 5.68. The van der Waals surface area contributed by atoms with Gasteiger partial charge in [0.15, 0.2) is 0 Å². The quantitative estimate of drug-likeness (QED) is 0.771. The Bertz CT molecular complexity index is 739. The largest absolute Gasteiger partial charge is 0.351 e. The molecule has 8 nitrogen and oxygen atoms in total. The maximum atomic E-state index is 12.9. The average Bonchev–Trinajstić information content (AvgIpc) is 3.00. The second-order valence-corrected chi connectivity index (χ2v) is 5.68. The minimum atomic E-state index is -0.633. The molecular weight excluding hydrogens is 308 g/mol. The van der Waals surface area contributed by atoms with E-state index in [9.17, 15) is 9.59 Å². The zero-order valence-electron chi connectivity index (χ0n) is 13.4. The number of hydrogen-bond acceptors (Lipinski definition) is 4. The SMILES string of the molecule is Cn1ccnc1C1CNCCN1C(=O)c1ccc(NC(N)=O)cc1. The number of carbonyl (C=O) groups excluding carboxylic acids is 2. The third-order valence-electron chi connectivity index (χ3n) is 4.06. The van der Waals surface area contributed by atoms with E-state index in [0.29, 0.717) is 24.3 Å². The molecule has 1 aliphatic rings. The van der Waals surface area contributed by atoms with Crippen molar-refractivity contribution in [2.75, 3.05) is 25.0 Å². The van der Waals surface area contributed by atoms with Crippen LogP contribution in [-0.4, -0.2) is 46.0 Å². The number of amides is 3. The number of primary amides is 1. The molecule has 1 unspecified atom stereocenters. The number of nitrogens with zero attached hydrogens (tertiary/aromatic N) is 3. The number of benzene rings is 1. The summed E-state index contributed by atoms with van der Waals surface area (Å²) in [6, 6.07) is 5.95. The molecule has 0 spiro atoms. The molecule has 0 radical (unpaired) electrons. The number of imidazole rings is 1. The lowest BCUT2D eigenvalue weighted by Gasteiger charge is -2.35. The number of nitrogens with one attached hydrogen (secondary N) is 2. The van der Waals surface area contributed by atoms with Gasteiger partial charge in [0.2, 0.25) is 0 Å². The van der Waals surface area contributed by atoms with Gasteiger partial charge in [-0.15, -0.1) is 0 Å². The highest BCUT2D eigenvalue weighted by molar-refractivity contribution is 5.95. The van der Waals surface area contributed by atoms with E-state index in [0.717, 1.165) is 12.4 Å². The lowest BCUT2D eigenvalue weighted by atomic mass is 10.1. The standard InChI is InChI=1S/C16H20N6O2/c1-21-8-7-19-14(21)13-10-18-6-9-22(13)15(23)11-2-4-12(5-3-11)20-16(17)24/h2-5,7-8,13,18H,6,9-10H2,1H3,(H3,17,20,24). The number of anilines is 1. The summed E-state index contributed by atoms with van der Waals surface area (Å²) < 4.78 is 1.93. The fourth-order valence-electron chi connectivity index (χ4n) is 2.88. The molecule has 3 rings (SSSR count). The molecule has 8 heteroatoms. The van der Waals surface area contributed by atoms with Crippen molar-refractivity contribution in [2.24, 2.45) is 12.8 Å². The van der Waals surface area contributed by atoms with E-state index >= 15 is 0 Å². The first-order valence-electron chi connectivity index (χ1n) is 7.71. The number of carbonyl (C=O) groups is 2. The lowest BCUT2D eigenvalue weighted by Crippen LogP contribution is -2.49. The number of urea groups is 1. The van der Waals surface area contributed by atoms with E-state index in [1.165, 1.54) is 0 Å². The summed E-state index contributed by atoms with van der Waals surface area (Å²) in [5.41, 5.74) is 6.20. The molecule has 0 saturated carbocycles. The average molecular weight is 328 g/mol. The van der Waals surface area contributed by atoms with Crippen LogP contribution in [0.5, 0.6) is 0 Å². The maximum absolute atomic E-state index is 12.9. The summed E-state index contributed by atoms with van der Waals surface area (Å²) in [7, 11) is 1.92. The van der Waals surface area contributed by atoms with Gasteiger partial charge in [-0.2, -0.15) is 0 Å². The minimum Gasteiger partial charge on any atom is -0.351 e. The van der Waals surface area contributed by atoms with Gasteiger partial charge in [-0.1, -0.05) is 0 Å². The normalized spacial score (nSPS) is 17.5. The van der Waals surface area contributed by atoms with Crippen LogP contribution in [0.3, 0.4) is 0 Å². The second kappa shape index (κ2) is 6.71. The van der Waals surface area contributed by atoms with Crippen LogP contribution >= 0.6 is 0 Å². The molecule has 2 heterocycles. The molecule has 126 valence electrons. The van der Waals surface area contributed by atoms with E-state index in [1.807, 2.05) is 22.7 Å². The molecule has 1 aliphatic heterocycles. The third-order valence-corrected chi connectivity index (χ3v) is 4.06. The summed E-state index contributed by atoms with van der Waals surface area (Å²) in [5, 5.41) is 5.79. The van der Waals surface area contributed by atoms with E-state index in [4.69, 9.17) is 5.73 Å². The zero-order chi connectivity index (χ0) is 17.1. The van der Waals surface area contributed by atoms with Gasteiger partial charge in [0, 0.05) is 50.3 Å². The Morgan fingerprint density at radius 2 is 2.08 bits per heavy atom. The predicted molar refractivity (Wildman–Crippen MR) is 89.5 cm³/mol. The van der Waals surface area contributed by atoms with Gasteiger partial charge in [-0.05, 0) is 24.3 Å². The first-order chi connectivity index (χ1) is 11.6. The zero-order valence-corrected chi connectivity index (χ0v) is 13.4. The summed E-state index contributed by atoms with van der Waals surface area (Å²) in [6.07, 6.45) is 3.60. The van der Waals surface area contributed by atoms with Gasteiger partial charge >= 0.3 is 6.03 Å². The third kappa shape index (κ3) is 3.23. The Balaban J connectivity index is 1.81. The smallest absolute Gasteiger partial charge is 0.316 e. The van der Waals surface area contributed by atoms with Crippen LogP contribution in [0.2, 0.25) is 0 Å². The first-order valence-corrected chi connectivity index (χ1v) is 7.71. The summed E-state index contributed by atoms with van der Waals surface area (Å²) in [4.78, 5) is 30.0. The Labute approximate surface area is 139 Å². The fraction of sp³-hybridized carbons (Fsp3) is 0.312. The number of aryl methyl sites for hydroxylation is 1. The molecule has 1 fully saturated rings. The Morgan fingerprint density at radius 3 is 2.71 bits per heavy atom. The molecule has 4 N–H and O–H groups in total. The van der Waals surface area contributed by atoms with E-state index in [-0.39, 0.29) is 11.9 Å². The fourth-order valence-corrected chi connectivity index (χ4v) is 2.88. The van der Waals surface area contributed by atoms with Crippen LogP contribution in [0.15, 0.2) is 36.7 Å². The molecular formula is C16H20N6O2. The number of rotatable bonds is 3. The molecule has 1 saturated heterocycles. The first kappa shape index (κ1) is 16.0. The summed E-state index contributed by atoms with van der Waals surface area (Å²) >= 11 is 0. The molecule has 0 aliphatic carbocycles. The van der Waals surface area contributed by atoms with Gasteiger partial charge in [-0.25, -0.2) is 9.78 Å². The topological polar surface area (TPSA) is 105 Å². The van der Waals surface area contributed by atoms with Gasteiger partial charge < -0.3 is 25.8 Å². The number of nitrogens with two attached hydrogens (primary N) is 1. The highest BCUT2D eigenvalue weighted by Gasteiger charge is 2.30. The monoisotopic (exact) mass is 328 g/mol. The van der Waals surface area contributed by atoms with Crippen LogP contribution in [0.25, 0.3) is 0 Å².